The molecular formula is C19H27N7O. The Kier molecular flexibility index (Phi) is 3.90. The van der Waals surface area contributed by atoms with E-state index in [4.69, 9.17) is 9.97 Å². The molecule has 0 fully saturated rings. The van der Waals surface area contributed by atoms with E-state index in [0.717, 1.165) is 24.5 Å². The summed E-state index contributed by atoms with van der Waals surface area (Å²) >= 11 is 0. The number of H-pyrrole nitrogens is 1. The SMILES string of the molecule is CC(C)c1nc2c(n1C)CCN(c1nc3c(cnn3C(C)(C)C)c(=O)[nH]1)C2. The Morgan fingerprint density at radius 3 is 2.63 bits per heavy atom. The van der Waals surface area contributed by atoms with Gasteiger partial charge in [0.1, 0.15) is 11.2 Å². The average molecular weight is 369 g/mol. The van der Waals surface area contributed by atoms with Crippen LogP contribution in [0.4, 0.5) is 5.95 Å². The molecule has 0 atom stereocenters. The standard InChI is InChI=1S/C19H27N7O/c1-11(2)15-21-13-10-25(8-7-14(13)24(15)6)18-22-16-12(17(27)23-18)9-20-26(16)19(3,4)5/h9,11H,7-8,10H2,1-6H3,(H,22,23,27). The summed E-state index contributed by atoms with van der Waals surface area (Å²) in [5, 5.41) is 4.90. The summed E-state index contributed by atoms with van der Waals surface area (Å²) in [6.45, 7) is 11.9. The van der Waals surface area contributed by atoms with E-state index in [1.165, 1.54) is 5.69 Å². The first-order valence-corrected chi connectivity index (χ1v) is 9.44. The van der Waals surface area contributed by atoms with Crippen LogP contribution in [0, 0.1) is 0 Å². The molecule has 1 N–H and O–H groups in total. The molecular weight excluding hydrogens is 342 g/mol. The second-order valence-corrected chi connectivity index (χ2v) is 8.60. The van der Waals surface area contributed by atoms with Crippen LogP contribution in [0.15, 0.2) is 11.0 Å². The minimum absolute atomic E-state index is 0.153. The van der Waals surface area contributed by atoms with Gasteiger partial charge in [0, 0.05) is 31.6 Å². The predicted octanol–water partition coefficient (Wildman–Crippen LogP) is 2.29. The molecule has 0 aromatic carbocycles. The lowest BCUT2D eigenvalue weighted by atomic mass is 10.1. The maximum atomic E-state index is 12.6. The molecule has 3 aromatic rings. The van der Waals surface area contributed by atoms with Crippen LogP contribution in [0.5, 0.6) is 0 Å². The van der Waals surface area contributed by atoms with Gasteiger partial charge in [0.15, 0.2) is 5.65 Å². The highest BCUT2D eigenvalue weighted by atomic mass is 16.1. The molecule has 0 unspecified atom stereocenters. The highest BCUT2D eigenvalue weighted by molar-refractivity contribution is 5.74. The van der Waals surface area contributed by atoms with Crippen molar-refractivity contribution in [3.8, 4) is 0 Å². The van der Waals surface area contributed by atoms with E-state index in [0.29, 0.717) is 29.4 Å². The summed E-state index contributed by atoms with van der Waals surface area (Å²) in [4.78, 5) is 27.2. The van der Waals surface area contributed by atoms with E-state index in [1.807, 2.05) is 4.68 Å². The van der Waals surface area contributed by atoms with Crippen LogP contribution >= 0.6 is 0 Å². The maximum absolute atomic E-state index is 12.6. The first-order chi connectivity index (χ1) is 12.7. The van der Waals surface area contributed by atoms with Crippen LogP contribution in [0.25, 0.3) is 11.0 Å². The number of anilines is 1. The van der Waals surface area contributed by atoms with E-state index in [2.05, 4.69) is 61.2 Å². The molecule has 0 saturated heterocycles. The van der Waals surface area contributed by atoms with Crippen molar-refractivity contribution in [1.29, 1.82) is 0 Å². The molecule has 1 aliphatic heterocycles. The number of hydrogen-bond donors (Lipinski definition) is 1. The van der Waals surface area contributed by atoms with Crippen molar-refractivity contribution in [2.45, 2.75) is 59.0 Å². The van der Waals surface area contributed by atoms with Crippen LogP contribution < -0.4 is 10.5 Å². The lowest BCUT2D eigenvalue weighted by Gasteiger charge is -2.27. The molecule has 1 aliphatic rings. The van der Waals surface area contributed by atoms with Crippen molar-refractivity contribution in [2.75, 3.05) is 11.4 Å². The van der Waals surface area contributed by atoms with Crippen LogP contribution in [0.1, 0.15) is 57.7 Å². The summed E-state index contributed by atoms with van der Waals surface area (Å²) < 4.78 is 4.03. The van der Waals surface area contributed by atoms with E-state index in [1.54, 1.807) is 6.20 Å². The van der Waals surface area contributed by atoms with Gasteiger partial charge < -0.3 is 9.47 Å². The summed E-state index contributed by atoms with van der Waals surface area (Å²) in [6.07, 6.45) is 2.48. The van der Waals surface area contributed by atoms with Gasteiger partial charge in [-0.25, -0.2) is 9.67 Å². The number of fused-ring (bicyclic) bond motifs is 2. The third-order valence-electron chi connectivity index (χ3n) is 5.17. The van der Waals surface area contributed by atoms with E-state index >= 15 is 0 Å². The van der Waals surface area contributed by atoms with Gasteiger partial charge >= 0.3 is 0 Å². The zero-order chi connectivity index (χ0) is 19.5. The van der Waals surface area contributed by atoms with Crippen molar-refractivity contribution in [3.05, 3.63) is 33.8 Å². The minimum atomic E-state index is -0.248. The third-order valence-corrected chi connectivity index (χ3v) is 5.17. The maximum Gasteiger partial charge on any atom is 0.263 e. The van der Waals surface area contributed by atoms with Gasteiger partial charge in [0.05, 0.1) is 24.0 Å². The molecule has 8 heteroatoms. The lowest BCUT2D eigenvalue weighted by molar-refractivity contribution is 0.366. The van der Waals surface area contributed by atoms with Gasteiger partial charge in [-0.05, 0) is 20.8 Å². The zero-order valence-corrected chi connectivity index (χ0v) is 16.9. The number of aromatic nitrogens is 6. The fourth-order valence-electron chi connectivity index (χ4n) is 3.79. The van der Waals surface area contributed by atoms with Crippen molar-refractivity contribution >= 4 is 17.0 Å². The molecule has 4 rings (SSSR count). The van der Waals surface area contributed by atoms with Gasteiger partial charge in [0.25, 0.3) is 5.56 Å². The largest absolute Gasteiger partial charge is 0.336 e. The van der Waals surface area contributed by atoms with Crippen LogP contribution in [0.2, 0.25) is 0 Å². The van der Waals surface area contributed by atoms with Gasteiger partial charge in [-0.1, -0.05) is 13.8 Å². The summed E-state index contributed by atoms with van der Waals surface area (Å²) in [5.74, 6) is 2.06. The summed E-state index contributed by atoms with van der Waals surface area (Å²) in [7, 11) is 2.09. The second-order valence-electron chi connectivity index (χ2n) is 8.60. The normalized spacial score (nSPS) is 15.0. The molecule has 0 saturated carbocycles. The average Bonchev–Trinajstić information content (AvgIpc) is 3.16. The first kappa shape index (κ1) is 17.8. The Bertz CT molecular complexity index is 1060. The highest BCUT2D eigenvalue weighted by Gasteiger charge is 2.26. The van der Waals surface area contributed by atoms with E-state index < -0.39 is 0 Å². The Hall–Kier alpha value is -2.64. The van der Waals surface area contributed by atoms with E-state index in [-0.39, 0.29) is 11.1 Å². The summed E-state index contributed by atoms with van der Waals surface area (Å²) in [5.41, 5.74) is 2.57. The van der Waals surface area contributed by atoms with Crippen LogP contribution in [0.3, 0.4) is 0 Å². The number of nitrogens with zero attached hydrogens (tertiary/aromatic N) is 6. The Morgan fingerprint density at radius 2 is 1.96 bits per heavy atom. The molecule has 27 heavy (non-hydrogen) atoms. The number of rotatable bonds is 2. The molecule has 0 amide bonds. The number of imidazole rings is 1. The first-order valence-electron chi connectivity index (χ1n) is 9.44. The van der Waals surface area contributed by atoms with Crippen molar-refractivity contribution in [3.63, 3.8) is 0 Å². The Labute approximate surface area is 158 Å². The molecule has 0 radical (unpaired) electrons. The fourth-order valence-corrected chi connectivity index (χ4v) is 3.79. The Balaban J connectivity index is 1.75. The lowest BCUT2D eigenvalue weighted by Crippen LogP contribution is -2.34. The van der Waals surface area contributed by atoms with E-state index in [9.17, 15) is 4.79 Å². The van der Waals surface area contributed by atoms with Crippen molar-refractivity contribution in [1.82, 2.24) is 29.3 Å². The topological polar surface area (TPSA) is 84.6 Å². The number of nitrogens with one attached hydrogen (secondary N) is 1. The molecule has 8 nitrogen and oxygen atoms in total. The number of aromatic amines is 1. The smallest absolute Gasteiger partial charge is 0.263 e. The van der Waals surface area contributed by atoms with Gasteiger partial charge in [-0.2, -0.15) is 10.1 Å². The second kappa shape index (κ2) is 5.94. The minimum Gasteiger partial charge on any atom is -0.336 e. The van der Waals surface area contributed by atoms with Crippen LogP contribution in [-0.4, -0.2) is 35.8 Å². The van der Waals surface area contributed by atoms with Gasteiger partial charge in [-0.3, -0.25) is 9.78 Å². The van der Waals surface area contributed by atoms with Gasteiger partial charge in [0.2, 0.25) is 5.95 Å². The quantitative estimate of drug-likeness (QED) is 0.749. The van der Waals surface area contributed by atoms with Crippen LogP contribution in [-0.2, 0) is 25.6 Å². The van der Waals surface area contributed by atoms with Crippen molar-refractivity contribution in [2.24, 2.45) is 7.05 Å². The molecule has 144 valence electrons. The predicted molar refractivity (Wildman–Crippen MR) is 105 cm³/mol. The molecule has 0 aliphatic carbocycles. The summed E-state index contributed by atoms with van der Waals surface area (Å²) in [6, 6.07) is 0. The fraction of sp³-hybridized carbons (Fsp3) is 0.579. The van der Waals surface area contributed by atoms with Crippen molar-refractivity contribution < 1.29 is 0 Å². The molecule has 3 aromatic heterocycles. The third kappa shape index (κ3) is 2.83. The molecule has 4 heterocycles. The Morgan fingerprint density at radius 1 is 1.22 bits per heavy atom. The van der Waals surface area contributed by atoms with Gasteiger partial charge in [-0.15, -0.1) is 0 Å². The monoisotopic (exact) mass is 369 g/mol. The number of hydrogen-bond acceptors (Lipinski definition) is 5. The molecule has 0 bridgehead atoms. The zero-order valence-electron chi connectivity index (χ0n) is 16.9. The molecule has 0 spiro atoms. The highest BCUT2D eigenvalue weighted by Crippen LogP contribution is 2.26.